The number of aryl methyl sites for hydroxylation is 1. The summed E-state index contributed by atoms with van der Waals surface area (Å²) < 4.78 is 1.000. The van der Waals surface area contributed by atoms with Gasteiger partial charge in [-0.05, 0) is 36.6 Å². The molecule has 140 valence electrons. The van der Waals surface area contributed by atoms with E-state index in [0.29, 0.717) is 24.3 Å². The summed E-state index contributed by atoms with van der Waals surface area (Å²) in [5.74, 6) is 0.356. The van der Waals surface area contributed by atoms with E-state index in [1.165, 1.54) is 4.90 Å². The van der Waals surface area contributed by atoms with Crippen molar-refractivity contribution in [3.05, 3.63) is 45.6 Å². The first-order valence-corrected chi connectivity index (χ1v) is 9.93. The molecule has 3 rings (SSSR count). The van der Waals surface area contributed by atoms with Gasteiger partial charge in [-0.25, -0.2) is 0 Å². The lowest BCUT2D eigenvalue weighted by Crippen LogP contribution is -2.70. The van der Waals surface area contributed by atoms with Crippen LogP contribution in [-0.2, 0) is 20.8 Å². The molecule has 2 aliphatic rings. The van der Waals surface area contributed by atoms with Crippen molar-refractivity contribution in [3.8, 4) is 0 Å². The molecule has 2 atom stereocenters. The maximum Gasteiger partial charge on any atom is 0.253 e. The molecule has 26 heavy (non-hydrogen) atoms. The third kappa shape index (κ3) is 4.36. The van der Waals surface area contributed by atoms with Crippen LogP contribution >= 0.6 is 27.7 Å². The highest BCUT2D eigenvalue weighted by Gasteiger charge is 2.51. The number of amides is 2. The topological polar surface area (TPSA) is 86.7 Å². The van der Waals surface area contributed by atoms with Crippen molar-refractivity contribution in [2.24, 2.45) is 0 Å². The van der Waals surface area contributed by atoms with Gasteiger partial charge in [-0.2, -0.15) is 0 Å². The van der Waals surface area contributed by atoms with E-state index in [9.17, 15) is 14.4 Å². The fraction of sp³-hybridized carbons (Fsp3) is 0.389. The van der Waals surface area contributed by atoms with Gasteiger partial charge < -0.3 is 10.4 Å². The summed E-state index contributed by atoms with van der Waals surface area (Å²) in [4.78, 5) is 37.1. The molecule has 0 aliphatic carbocycles. The highest BCUT2D eigenvalue weighted by atomic mass is 79.9. The quantitative estimate of drug-likeness (QED) is 0.538. The number of hydrogen-bond acceptors (Lipinski definition) is 5. The molecule has 0 radical (unpaired) electrons. The number of allylic oxidation sites excluding steroid dienone is 1. The molecule has 0 aromatic heterocycles. The van der Waals surface area contributed by atoms with E-state index in [-0.39, 0.29) is 17.2 Å². The second-order valence-corrected chi connectivity index (χ2v) is 7.89. The minimum absolute atomic E-state index is 0.143. The highest BCUT2D eigenvalue weighted by Crippen LogP contribution is 2.39. The van der Waals surface area contributed by atoms with Gasteiger partial charge in [0.15, 0.2) is 6.29 Å². The van der Waals surface area contributed by atoms with E-state index in [0.717, 1.165) is 29.0 Å². The SMILES string of the molecule is CC1=C(C=O)N2C(=O)C(NC(=O)CCc3ccc(Br)cc3)C2SC1.CO. The van der Waals surface area contributed by atoms with Gasteiger partial charge in [0, 0.05) is 23.8 Å². The Morgan fingerprint density at radius 1 is 1.38 bits per heavy atom. The number of nitrogens with one attached hydrogen (secondary N) is 1. The molecule has 1 saturated heterocycles. The number of aldehydes is 1. The average Bonchev–Trinajstić information content (AvgIpc) is 2.67. The van der Waals surface area contributed by atoms with Gasteiger partial charge in [0.25, 0.3) is 5.91 Å². The van der Waals surface area contributed by atoms with Crippen LogP contribution in [0.4, 0.5) is 0 Å². The van der Waals surface area contributed by atoms with Crippen LogP contribution in [0.5, 0.6) is 0 Å². The summed E-state index contributed by atoms with van der Waals surface area (Å²) in [7, 11) is 1.00. The van der Waals surface area contributed by atoms with Crippen LogP contribution in [0, 0.1) is 0 Å². The number of fused-ring (bicyclic) bond motifs is 1. The number of halogens is 1. The maximum absolute atomic E-state index is 12.3. The number of rotatable bonds is 5. The van der Waals surface area contributed by atoms with E-state index in [1.807, 2.05) is 31.2 Å². The first-order chi connectivity index (χ1) is 12.5. The van der Waals surface area contributed by atoms with Crippen LogP contribution in [0.25, 0.3) is 0 Å². The second-order valence-electron chi connectivity index (χ2n) is 5.86. The number of nitrogens with zero attached hydrogens (tertiary/aromatic N) is 1. The van der Waals surface area contributed by atoms with Crippen molar-refractivity contribution in [1.82, 2.24) is 10.2 Å². The molecule has 1 aromatic carbocycles. The lowest BCUT2D eigenvalue weighted by atomic mass is 10.0. The number of hydrogen-bond donors (Lipinski definition) is 2. The van der Waals surface area contributed by atoms with E-state index in [1.54, 1.807) is 11.8 Å². The fourth-order valence-electron chi connectivity index (χ4n) is 2.83. The molecule has 2 N–H and O–H groups in total. The monoisotopic (exact) mass is 440 g/mol. The summed E-state index contributed by atoms with van der Waals surface area (Å²) in [5, 5.41) is 9.64. The Kier molecular flexibility index (Phi) is 7.43. The fourth-order valence-corrected chi connectivity index (χ4v) is 4.40. The first-order valence-electron chi connectivity index (χ1n) is 8.09. The van der Waals surface area contributed by atoms with Crippen LogP contribution in [0.15, 0.2) is 40.0 Å². The molecular formula is C18H21BrN2O4S. The molecule has 1 fully saturated rings. The normalized spacial score (nSPS) is 21.2. The third-order valence-corrected chi connectivity index (χ3v) is 6.15. The van der Waals surface area contributed by atoms with Crippen LogP contribution in [0.2, 0.25) is 0 Å². The largest absolute Gasteiger partial charge is 0.400 e. The minimum Gasteiger partial charge on any atom is -0.400 e. The highest BCUT2D eigenvalue weighted by molar-refractivity contribution is 9.10. The minimum atomic E-state index is -0.532. The number of thioether (sulfide) groups is 1. The molecule has 1 aromatic rings. The van der Waals surface area contributed by atoms with Gasteiger partial charge in [-0.15, -0.1) is 11.8 Å². The van der Waals surface area contributed by atoms with Crippen molar-refractivity contribution in [2.45, 2.75) is 31.2 Å². The Labute approximate surface area is 165 Å². The molecule has 0 spiro atoms. The number of carbonyl (C=O) groups is 3. The Bertz CT molecular complexity index is 720. The molecule has 2 amide bonds. The van der Waals surface area contributed by atoms with E-state index in [2.05, 4.69) is 21.2 Å². The van der Waals surface area contributed by atoms with Gasteiger partial charge in [0.2, 0.25) is 5.91 Å². The van der Waals surface area contributed by atoms with Crippen molar-refractivity contribution in [3.63, 3.8) is 0 Å². The maximum atomic E-state index is 12.3. The van der Waals surface area contributed by atoms with Crippen LogP contribution in [0.1, 0.15) is 18.9 Å². The first kappa shape index (κ1) is 20.7. The molecule has 0 bridgehead atoms. The zero-order valence-electron chi connectivity index (χ0n) is 14.6. The van der Waals surface area contributed by atoms with E-state index < -0.39 is 6.04 Å². The molecular weight excluding hydrogens is 420 g/mol. The lowest BCUT2D eigenvalue weighted by Gasteiger charge is -2.49. The van der Waals surface area contributed by atoms with Crippen molar-refractivity contribution in [2.75, 3.05) is 12.9 Å². The van der Waals surface area contributed by atoms with Gasteiger partial charge in [0.1, 0.15) is 11.4 Å². The van der Waals surface area contributed by atoms with E-state index in [4.69, 9.17) is 5.11 Å². The molecule has 2 aliphatic heterocycles. The van der Waals surface area contributed by atoms with Gasteiger partial charge in [0.05, 0.1) is 5.70 Å². The Hall–Kier alpha value is -1.64. The molecule has 2 heterocycles. The molecule has 0 saturated carbocycles. The number of β-lactam (4-membered cyclic amide) rings is 1. The lowest BCUT2D eigenvalue weighted by molar-refractivity contribution is -0.146. The second kappa shape index (κ2) is 9.34. The standard InChI is InChI=1S/C17H17BrN2O3S.CH4O/c1-10-9-24-17-15(16(23)20(17)13(10)8-21)19-14(22)7-4-11-2-5-12(18)6-3-11;1-2/h2-3,5-6,8,15,17H,4,7,9H2,1H3,(H,19,22);2H,1H3. The number of carbonyl (C=O) groups excluding carboxylic acids is 3. The zero-order chi connectivity index (χ0) is 19.3. The van der Waals surface area contributed by atoms with Crippen LogP contribution in [-0.4, -0.2) is 52.4 Å². The molecule has 6 nitrogen and oxygen atoms in total. The molecule has 8 heteroatoms. The van der Waals surface area contributed by atoms with Gasteiger partial charge in [-0.3, -0.25) is 19.3 Å². The zero-order valence-corrected chi connectivity index (χ0v) is 17.0. The van der Waals surface area contributed by atoms with Crippen molar-refractivity contribution >= 4 is 45.8 Å². The van der Waals surface area contributed by atoms with E-state index >= 15 is 0 Å². The summed E-state index contributed by atoms with van der Waals surface area (Å²) >= 11 is 4.96. The smallest absolute Gasteiger partial charge is 0.253 e. The van der Waals surface area contributed by atoms with Crippen molar-refractivity contribution < 1.29 is 19.5 Å². The average molecular weight is 441 g/mol. The Balaban J connectivity index is 0.00000117. The number of aliphatic hydroxyl groups is 1. The predicted octanol–water partition coefficient (Wildman–Crippen LogP) is 1.86. The summed E-state index contributed by atoms with van der Waals surface area (Å²) in [5.41, 5.74) is 2.42. The third-order valence-electron chi connectivity index (χ3n) is 4.19. The van der Waals surface area contributed by atoms with Gasteiger partial charge in [-0.1, -0.05) is 28.1 Å². The van der Waals surface area contributed by atoms with Gasteiger partial charge >= 0.3 is 0 Å². The Morgan fingerprint density at radius 3 is 2.65 bits per heavy atom. The summed E-state index contributed by atoms with van der Waals surface area (Å²) in [6.45, 7) is 1.85. The van der Waals surface area contributed by atoms with Crippen LogP contribution in [0.3, 0.4) is 0 Å². The number of aliphatic hydroxyl groups excluding tert-OH is 1. The Morgan fingerprint density at radius 2 is 2.04 bits per heavy atom. The summed E-state index contributed by atoms with van der Waals surface area (Å²) in [6.07, 6.45) is 1.68. The summed E-state index contributed by atoms with van der Waals surface area (Å²) in [6, 6.07) is 7.28. The van der Waals surface area contributed by atoms with Crippen LogP contribution < -0.4 is 5.32 Å². The number of benzene rings is 1. The predicted molar refractivity (Wildman–Crippen MR) is 104 cm³/mol. The van der Waals surface area contributed by atoms with Crippen molar-refractivity contribution in [1.29, 1.82) is 0 Å². The molecule has 2 unspecified atom stereocenters.